The van der Waals surface area contributed by atoms with E-state index in [1.54, 1.807) is 20.8 Å². The molecule has 17 heavy (non-hydrogen) atoms. The lowest BCUT2D eigenvalue weighted by Gasteiger charge is -2.21. The Morgan fingerprint density at radius 3 is 2.29 bits per heavy atom. The summed E-state index contributed by atoms with van der Waals surface area (Å²) >= 11 is 0. The molecule has 0 saturated heterocycles. The first-order valence-corrected chi connectivity index (χ1v) is 5.82. The van der Waals surface area contributed by atoms with Crippen LogP contribution in [0.1, 0.15) is 40.0 Å². The summed E-state index contributed by atoms with van der Waals surface area (Å²) in [7, 11) is 0. The van der Waals surface area contributed by atoms with Crippen LogP contribution in [0.15, 0.2) is 0 Å². The second kappa shape index (κ2) is 5.04. The van der Waals surface area contributed by atoms with Crippen molar-refractivity contribution in [1.82, 2.24) is 0 Å². The number of esters is 1. The van der Waals surface area contributed by atoms with Crippen molar-refractivity contribution in [2.75, 3.05) is 0 Å². The van der Waals surface area contributed by atoms with E-state index in [0.29, 0.717) is 6.42 Å². The van der Waals surface area contributed by atoms with E-state index in [-0.39, 0.29) is 24.7 Å². The van der Waals surface area contributed by atoms with Crippen molar-refractivity contribution in [2.45, 2.75) is 51.7 Å². The number of carboxylic acids is 1. The molecule has 1 fully saturated rings. The van der Waals surface area contributed by atoms with Gasteiger partial charge in [-0.25, -0.2) is 0 Å². The number of aliphatic hydroxyl groups is 1. The minimum absolute atomic E-state index is 0.0855. The van der Waals surface area contributed by atoms with Crippen LogP contribution < -0.4 is 0 Å². The molecule has 1 saturated carbocycles. The molecule has 0 aromatic heterocycles. The molecule has 0 heterocycles. The monoisotopic (exact) mass is 244 g/mol. The van der Waals surface area contributed by atoms with Crippen molar-refractivity contribution in [1.29, 1.82) is 0 Å². The highest BCUT2D eigenvalue weighted by Crippen LogP contribution is 2.34. The third-order valence-electron chi connectivity index (χ3n) is 2.86. The number of aliphatic carboxylic acids is 1. The van der Waals surface area contributed by atoms with Crippen LogP contribution in [-0.4, -0.2) is 33.9 Å². The Balaban J connectivity index is 2.47. The number of aliphatic hydroxyl groups excluding tert-OH is 1. The number of ether oxygens (including phenoxy) is 1. The molecular formula is C12H20O5. The van der Waals surface area contributed by atoms with Crippen LogP contribution >= 0.6 is 0 Å². The maximum atomic E-state index is 11.6. The van der Waals surface area contributed by atoms with Crippen molar-refractivity contribution >= 4 is 11.9 Å². The number of hydrogen-bond acceptors (Lipinski definition) is 4. The second-order valence-electron chi connectivity index (χ2n) is 5.62. The van der Waals surface area contributed by atoms with E-state index in [9.17, 15) is 14.7 Å². The average molecular weight is 244 g/mol. The van der Waals surface area contributed by atoms with E-state index in [2.05, 4.69) is 0 Å². The van der Waals surface area contributed by atoms with Gasteiger partial charge in [-0.15, -0.1) is 0 Å². The van der Waals surface area contributed by atoms with Gasteiger partial charge in [-0.1, -0.05) is 0 Å². The van der Waals surface area contributed by atoms with E-state index in [4.69, 9.17) is 9.84 Å². The minimum atomic E-state index is -0.907. The highest BCUT2D eigenvalue weighted by atomic mass is 16.6. The Hall–Kier alpha value is -1.10. The van der Waals surface area contributed by atoms with Crippen LogP contribution in [0.25, 0.3) is 0 Å². The largest absolute Gasteiger partial charge is 0.481 e. The maximum absolute atomic E-state index is 11.6. The second-order valence-corrected chi connectivity index (χ2v) is 5.62. The average Bonchev–Trinajstić information content (AvgIpc) is 2.44. The van der Waals surface area contributed by atoms with Crippen LogP contribution in [0.3, 0.4) is 0 Å². The highest BCUT2D eigenvalue weighted by molar-refractivity contribution is 5.72. The van der Waals surface area contributed by atoms with E-state index in [1.165, 1.54) is 0 Å². The summed E-state index contributed by atoms with van der Waals surface area (Å²) in [4.78, 5) is 22.3. The summed E-state index contributed by atoms with van der Waals surface area (Å²) in [5.41, 5.74) is -0.549. The molecule has 0 radical (unpaired) electrons. The van der Waals surface area contributed by atoms with Gasteiger partial charge >= 0.3 is 11.9 Å². The fraction of sp³-hybridized carbons (Fsp3) is 0.833. The molecule has 0 bridgehead atoms. The summed E-state index contributed by atoms with van der Waals surface area (Å²) in [6.45, 7) is 5.32. The first-order chi connectivity index (χ1) is 7.69. The lowest BCUT2D eigenvalue weighted by atomic mass is 10.0. The van der Waals surface area contributed by atoms with Gasteiger partial charge in [0, 0.05) is 0 Å². The zero-order valence-electron chi connectivity index (χ0n) is 10.5. The molecule has 0 amide bonds. The molecule has 0 aromatic rings. The van der Waals surface area contributed by atoms with Gasteiger partial charge in [0.05, 0.1) is 18.4 Å². The predicted molar refractivity (Wildman–Crippen MR) is 60.3 cm³/mol. The number of carbonyl (C=O) groups excluding carboxylic acids is 1. The van der Waals surface area contributed by atoms with Gasteiger partial charge in [0.15, 0.2) is 0 Å². The van der Waals surface area contributed by atoms with Crippen LogP contribution in [0, 0.1) is 11.8 Å². The molecule has 0 aromatic carbocycles. The molecule has 1 aliphatic carbocycles. The van der Waals surface area contributed by atoms with Crippen molar-refractivity contribution in [3.8, 4) is 0 Å². The van der Waals surface area contributed by atoms with Crippen LogP contribution in [-0.2, 0) is 14.3 Å². The third kappa shape index (κ3) is 4.34. The Labute approximate surface area is 101 Å². The number of rotatable bonds is 3. The third-order valence-corrected chi connectivity index (χ3v) is 2.86. The first kappa shape index (κ1) is 14.0. The smallest absolute Gasteiger partial charge is 0.306 e. The number of carboxylic acid groups (broad SMARTS) is 1. The zero-order valence-corrected chi connectivity index (χ0v) is 10.5. The summed E-state index contributed by atoms with van der Waals surface area (Å²) in [5.74, 6) is -2.13. The van der Waals surface area contributed by atoms with Crippen molar-refractivity contribution < 1.29 is 24.5 Å². The minimum Gasteiger partial charge on any atom is -0.481 e. The van der Waals surface area contributed by atoms with Gasteiger partial charge < -0.3 is 14.9 Å². The Kier molecular flexibility index (Phi) is 4.14. The molecule has 1 unspecified atom stereocenters. The normalized spacial score (nSPS) is 29.1. The quantitative estimate of drug-likeness (QED) is 0.728. The van der Waals surface area contributed by atoms with Gasteiger partial charge in [0.1, 0.15) is 5.60 Å². The van der Waals surface area contributed by atoms with E-state index < -0.39 is 23.6 Å². The summed E-state index contributed by atoms with van der Waals surface area (Å²) < 4.78 is 5.15. The van der Waals surface area contributed by atoms with Crippen molar-refractivity contribution in [3.05, 3.63) is 0 Å². The fourth-order valence-electron chi connectivity index (χ4n) is 2.12. The molecule has 0 aliphatic heterocycles. The Morgan fingerprint density at radius 1 is 1.29 bits per heavy atom. The standard InChI is InChI=1S/C12H20O5/c1-12(2,3)17-10(14)6-7-4-8(11(15)16)5-9(7)13/h7-9,13H,4-6H2,1-3H3,(H,15,16)/t7-,8?,9-/m1/s1. The van der Waals surface area contributed by atoms with Crippen molar-refractivity contribution in [3.63, 3.8) is 0 Å². The topological polar surface area (TPSA) is 83.8 Å². The van der Waals surface area contributed by atoms with Crippen LogP contribution in [0.4, 0.5) is 0 Å². The molecule has 0 spiro atoms. The fourth-order valence-corrected chi connectivity index (χ4v) is 2.12. The van der Waals surface area contributed by atoms with Crippen LogP contribution in [0.2, 0.25) is 0 Å². The van der Waals surface area contributed by atoms with Gasteiger partial charge in [0.2, 0.25) is 0 Å². The molecule has 98 valence electrons. The van der Waals surface area contributed by atoms with Gasteiger partial charge in [-0.2, -0.15) is 0 Å². The Morgan fingerprint density at radius 2 is 1.88 bits per heavy atom. The predicted octanol–water partition coefficient (Wildman–Crippen LogP) is 1.19. The lowest BCUT2D eigenvalue weighted by molar-refractivity contribution is -0.157. The molecule has 1 aliphatic rings. The molecule has 5 heteroatoms. The molecule has 3 atom stereocenters. The van der Waals surface area contributed by atoms with Gasteiger partial charge in [0.25, 0.3) is 0 Å². The van der Waals surface area contributed by atoms with E-state index in [0.717, 1.165) is 0 Å². The molecular weight excluding hydrogens is 224 g/mol. The maximum Gasteiger partial charge on any atom is 0.306 e. The summed E-state index contributed by atoms with van der Waals surface area (Å²) in [6.07, 6.45) is -0.0653. The first-order valence-electron chi connectivity index (χ1n) is 5.82. The van der Waals surface area contributed by atoms with Crippen LogP contribution in [0.5, 0.6) is 0 Å². The lowest BCUT2D eigenvalue weighted by Crippen LogP contribution is -2.27. The van der Waals surface area contributed by atoms with Gasteiger partial charge in [-0.3, -0.25) is 9.59 Å². The van der Waals surface area contributed by atoms with E-state index in [1.807, 2.05) is 0 Å². The Bertz CT molecular complexity index is 305. The molecule has 1 rings (SSSR count). The van der Waals surface area contributed by atoms with Gasteiger partial charge in [-0.05, 0) is 39.5 Å². The summed E-state index contributed by atoms with van der Waals surface area (Å²) in [6, 6.07) is 0. The molecule has 5 nitrogen and oxygen atoms in total. The number of hydrogen-bond donors (Lipinski definition) is 2. The SMILES string of the molecule is CC(C)(C)OC(=O)C[C@H]1CC(C(=O)O)C[C@H]1O. The highest BCUT2D eigenvalue weighted by Gasteiger charge is 2.38. The number of carbonyl (C=O) groups is 2. The molecule has 2 N–H and O–H groups in total. The van der Waals surface area contributed by atoms with E-state index >= 15 is 0 Å². The zero-order chi connectivity index (χ0) is 13.2. The van der Waals surface area contributed by atoms with Crippen molar-refractivity contribution in [2.24, 2.45) is 11.8 Å². The summed E-state index contributed by atoms with van der Waals surface area (Å²) in [5, 5.41) is 18.5.